The summed E-state index contributed by atoms with van der Waals surface area (Å²) in [4.78, 5) is 0. The molecule has 0 bridgehead atoms. The zero-order valence-electron chi connectivity index (χ0n) is 8.27. The Balaban J connectivity index is 2.25. The van der Waals surface area contributed by atoms with Crippen LogP contribution in [0.1, 0.15) is 12.8 Å². The molecule has 1 saturated heterocycles. The van der Waals surface area contributed by atoms with Crippen molar-refractivity contribution in [1.82, 2.24) is 0 Å². The molecular formula is C9H12BClO4. The van der Waals surface area contributed by atoms with Gasteiger partial charge in [0.2, 0.25) is 0 Å². The number of aliphatic hydroxyl groups is 3. The largest absolute Gasteiger partial charge is 0.387 e. The first kappa shape index (κ1) is 11.2. The summed E-state index contributed by atoms with van der Waals surface area (Å²) in [6.45, 7) is 0. The summed E-state index contributed by atoms with van der Waals surface area (Å²) in [5.74, 6) is 2.34. The molecule has 0 radical (unpaired) electrons. The smallest absolute Gasteiger partial charge is 0.173 e. The van der Waals surface area contributed by atoms with Gasteiger partial charge >= 0.3 is 0 Å². The van der Waals surface area contributed by atoms with Gasteiger partial charge in [-0.05, 0) is 30.4 Å². The topological polar surface area (TPSA) is 69.9 Å². The van der Waals surface area contributed by atoms with E-state index in [0.717, 1.165) is 0 Å². The second kappa shape index (κ2) is 3.37. The molecule has 1 aliphatic heterocycles. The molecule has 1 aliphatic carbocycles. The summed E-state index contributed by atoms with van der Waals surface area (Å²) >= 11 is 5.23. The molecule has 4 nitrogen and oxygen atoms in total. The molecule has 82 valence electrons. The number of hydrogen-bond donors (Lipinski definition) is 3. The molecule has 1 unspecified atom stereocenters. The van der Waals surface area contributed by atoms with Crippen molar-refractivity contribution in [2.45, 2.75) is 42.3 Å². The monoisotopic (exact) mass is 230 g/mol. The van der Waals surface area contributed by atoms with Crippen LogP contribution in [0.25, 0.3) is 0 Å². The number of rotatable bonds is 1. The van der Waals surface area contributed by atoms with E-state index in [-0.39, 0.29) is 0 Å². The van der Waals surface area contributed by atoms with Crippen LogP contribution >= 0.6 is 11.6 Å². The quantitative estimate of drug-likeness (QED) is 0.366. The number of aliphatic hydroxyl groups excluding tert-OH is 1. The summed E-state index contributed by atoms with van der Waals surface area (Å²) in [7, 11) is 1.59. The molecule has 0 aromatic rings. The third kappa shape index (κ3) is 1.57. The van der Waals surface area contributed by atoms with E-state index in [1.165, 1.54) is 0 Å². The summed E-state index contributed by atoms with van der Waals surface area (Å²) < 4.78 is 5.36. The molecule has 0 amide bonds. The van der Waals surface area contributed by atoms with Crippen molar-refractivity contribution in [3.8, 4) is 11.3 Å². The second-order valence-electron chi connectivity index (χ2n) is 4.29. The van der Waals surface area contributed by atoms with E-state index in [0.29, 0.717) is 12.8 Å². The second-order valence-corrected chi connectivity index (χ2v) is 4.48. The van der Waals surface area contributed by atoms with E-state index in [1.54, 1.807) is 7.85 Å². The fourth-order valence-corrected chi connectivity index (χ4v) is 2.11. The van der Waals surface area contributed by atoms with Gasteiger partial charge in [0.25, 0.3) is 0 Å². The summed E-state index contributed by atoms with van der Waals surface area (Å²) in [5.41, 5.74) is -2.70. The zero-order chi connectivity index (χ0) is 11.3. The highest BCUT2D eigenvalue weighted by molar-refractivity contribution is 6.30. The average molecular weight is 230 g/mol. The fraction of sp³-hybridized carbons (Fsp3) is 0.778. The molecule has 0 spiro atoms. The van der Waals surface area contributed by atoms with Gasteiger partial charge in [0, 0.05) is 5.38 Å². The van der Waals surface area contributed by atoms with Gasteiger partial charge in [-0.2, -0.15) is 0 Å². The SMILES string of the molecule is B[C@@H]1O[C@H](C2(O)CC2)C(O)[C@]1(O)C#CCl. The predicted octanol–water partition coefficient (Wildman–Crippen LogP) is -1.84. The lowest BCUT2D eigenvalue weighted by atomic mass is 9.80. The molecule has 4 atom stereocenters. The Hall–Kier alpha value is -0.245. The Labute approximate surface area is 93.6 Å². The highest BCUT2D eigenvalue weighted by atomic mass is 35.5. The first-order chi connectivity index (χ1) is 6.94. The molecule has 3 N–H and O–H groups in total. The predicted molar refractivity (Wildman–Crippen MR) is 56.0 cm³/mol. The Bertz CT molecular complexity index is 335. The first-order valence-corrected chi connectivity index (χ1v) is 5.23. The van der Waals surface area contributed by atoms with Crippen LogP contribution in [0.4, 0.5) is 0 Å². The van der Waals surface area contributed by atoms with Gasteiger partial charge in [0.05, 0.1) is 11.6 Å². The molecule has 2 rings (SSSR count). The highest BCUT2D eigenvalue weighted by Gasteiger charge is 2.62. The lowest BCUT2D eigenvalue weighted by molar-refractivity contribution is -0.0717. The molecule has 2 aliphatic rings. The number of halogens is 1. The third-order valence-corrected chi connectivity index (χ3v) is 3.34. The van der Waals surface area contributed by atoms with Gasteiger partial charge in [-0.3, -0.25) is 0 Å². The van der Waals surface area contributed by atoms with Crippen molar-refractivity contribution < 1.29 is 20.1 Å². The van der Waals surface area contributed by atoms with Crippen molar-refractivity contribution in [2.24, 2.45) is 0 Å². The van der Waals surface area contributed by atoms with E-state index in [9.17, 15) is 15.3 Å². The van der Waals surface area contributed by atoms with Crippen molar-refractivity contribution in [3.63, 3.8) is 0 Å². The minimum atomic E-state index is -1.69. The Morgan fingerprint density at radius 2 is 2.00 bits per heavy atom. The van der Waals surface area contributed by atoms with E-state index in [2.05, 4.69) is 11.3 Å². The van der Waals surface area contributed by atoms with Crippen LogP contribution in [0.15, 0.2) is 0 Å². The molecule has 6 heteroatoms. The maximum absolute atomic E-state index is 10.0. The Morgan fingerprint density at radius 1 is 1.40 bits per heavy atom. The summed E-state index contributed by atoms with van der Waals surface area (Å²) in [6.07, 6.45) is -0.862. The maximum atomic E-state index is 10.0. The molecule has 0 aromatic heterocycles. The van der Waals surface area contributed by atoms with Crippen LogP contribution in [-0.4, -0.2) is 52.6 Å². The molecule has 1 heterocycles. The minimum Gasteiger partial charge on any atom is -0.387 e. The van der Waals surface area contributed by atoms with Gasteiger partial charge in [0.15, 0.2) is 5.60 Å². The van der Waals surface area contributed by atoms with Crippen molar-refractivity contribution >= 4 is 19.4 Å². The summed E-state index contributed by atoms with van der Waals surface area (Å²) in [6, 6.07) is -0.673. The Kier molecular flexibility index (Phi) is 2.53. The third-order valence-electron chi connectivity index (χ3n) is 3.25. The Morgan fingerprint density at radius 3 is 2.47 bits per heavy atom. The van der Waals surface area contributed by atoms with E-state index >= 15 is 0 Å². The van der Waals surface area contributed by atoms with E-state index in [1.807, 2.05) is 0 Å². The fourth-order valence-electron chi connectivity index (χ4n) is 1.95. The number of ether oxygens (including phenoxy) is 1. The van der Waals surface area contributed by atoms with Gasteiger partial charge in [-0.15, -0.1) is 0 Å². The van der Waals surface area contributed by atoms with Crippen LogP contribution in [0.3, 0.4) is 0 Å². The van der Waals surface area contributed by atoms with Crippen LogP contribution in [-0.2, 0) is 4.74 Å². The van der Waals surface area contributed by atoms with Crippen molar-refractivity contribution in [2.75, 3.05) is 0 Å². The molecule has 0 aromatic carbocycles. The molecular weight excluding hydrogens is 218 g/mol. The minimum absolute atomic E-state index is 0.575. The lowest BCUT2D eigenvalue weighted by Gasteiger charge is -2.24. The maximum Gasteiger partial charge on any atom is 0.173 e. The standard InChI is InChI=1S/C9H12BClO4/c10-7-9(14,3-4-11)5(12)6(15-7)8(13)1-2-8/h5-7,12-14H,1-2,10H2/t5?,6-,7+,9+/m0/s1. The summed E-state index contributed by atoms with van der Waals surface area (Å²) in [5, 5.41) is 31.8. The lowest BCUT2D eigenvalue weighted by Crippen LogP contribution is -2.49. The highest BCUT2D eigenvalue weighted by Crippen LogP contribution is 2.46. The van der Waals surface area contributed by atoms with Crippen LogP contribution < -0.4 is 0 Å². The van der Waals surface area contributed by atoms with Gasteiger partial charge in [-0.1, -0.05) is 0 Å². The number of hydrogen-bond acceptors (Lipinski definition) is 4. The average Bonchev–Trinajstić information content (AvgIpc) is 2.87. The molecule has 1 saturated carbocycles. The zero-order valence-corrected chi connectivity index (χ0v) is 9.03. The van der Waals surface area contributed by atoms with Crippen molar-refractivity contribution in [1.29, 1.82) is 0 Å². The first-order valence-electron chi connectivity index (χ1n) is 4.85. The molecule has 15 heavy (non-hydrogen) atoms. The van der Waals surface area contributed by atoms with Crippen LogP contribution in [0.5, 0.6) is 0 Å². The van der Waals surface area contributed by atoms with Gasteiger partial charge < -0.3 is 20.1 Å². The van der Waals surface area contributed by atoms with Crippen LogP contribution in [0.2, 0.25) is 0 Å². The van der Waals surface area contributed by atoms with Gasteiger partial charge in [-0.25, -0.2) is 0 Å². The van der Waals surface area contributed by atoms with Crippen molar-refractivity contribution in [3.05, 3.63) is 0 Å². The normalized spacial score (nSPS) is 47.1. The molecule has 2 fully saturated rings. The van der Waals surface area contributed by atoms with Gasteiger partial charge in [0.1, 0.15) is 20.1 Å². The van der Waals surface area contributed by atoms with Crippen LogP contribution in [0, 0.1) is 11.3 Å². The van der Waals surface area contributed by atoms with E-state index < -0.39 is 29.4 Å². The van der Waals surface area contributed by atoms with E-state index in [4.69, 9.17) is 16.3 Å².